The quantitative estimate of drug-likeness (QED) is 0.573. The van der Waals surface area contributed by atoms with Crippen LogP contribution in [0, 0.1) is 6.92 Å². The standard InChI is InChI=1S/C13H14O6S2.CH2O2S/c1-10-5-6-11-3-2-4-13(12(11)9-10)20(14,15)8-7-19-21(16,17)18;1-4(2)3/h2-6,9H,7-8H2,1H3,(H,16,17,18);1H2. The number of fused-ring (bicyclic) bond motifs is 1. The summed E-state index contributed by atoms with van der Waals surface area (Å²) in [5.41, 5.74) is 0.916. The SMILES string of the molecule is C=S(=O)=O.Cc1ccc2cccc(S(=O)(=O)CCOS(=O)(=O)O)c2c1. The second-order valence-electron chi connectivity index (χ2n) is 4.85. The summed E-state index contributed by atoms with van der Waals surface area (Å²) in [6.45, 7) is 1.22. The van der Waals surface area contributed by atoms with Gasteiger partial charge in [0.2, 0.25) is 10.3 Å². The Morgan fingerprint density at radius 3 is 2.28 bits per heavy atom. The maximum absolute atomic E-state index is 12.3. The highest BCUT2D eigenvalue weighted by molar-refractivity contribution is 7.91. The van der Waals surface area contributed by atoms with Crippen LogP contribution in [0.15, 0.2) is 41.3 Å². The molecular formula is C14H16O8S3. The van der Waals surface area contributed by atoms with Crippen molar-refractivity contribution in [3.8, 4) is 0 Å². The zero-order valence-electron chi connectivity index (χ0n) is 13.1. The predicted molar refractivity (Wildman–Crippen MR) is 94.3 cm³/mol. The predicted octanol–water partition coefficient (Wildman–Crippen LogP) is 1.04. The molecule has 1 N–H and O–H groups in total. The Hall–Kier alpha value is -1.79. The first kappa shape index (κ1) is 21.3. The van der Waals surface area contributed by atoms with Gasteiger partial charge < -0.3 is 0 Å². The van der Waals surface area contributed by atoms with Crippen LogP contribution in [-0.4, -0.2) is 48.0 Å². The molecule has 0 aliphatic rings. The third-order valence-corrected chi connectivity index (χ3v) is 5.11. The molecule has 0 aromatic heterocycles. The normalized spacial score (nSPS) is 11.6. The van der Waals surface area contributed by atoms with Crippen LogP contribution in [0.3, 0.4) is 0 Å². The number of hydrogen-bond donors (Lipinski definition) is 1. The fraction of sp³-hybridized carbons (Fsp3) is 0.214. The summed E-state index contributed by atoms with van der Waals surface area (Å²) < 4.78 is 75.8. The highest BCUT2D eigenvalue weighted by Gasteiger charge is 2.19. The molecule has 8 nitrogen and oxygen atoms in total. The van der Waals surface area contributed by atoms with E-state index in [4.69, 9.17) is 13.0 Å². The van der Waals surface area contributed by atoms with Gasteiger partial charge in [-0.1, -0.05) is 35.9 Å². The number of sulfone groups is 1. The van der Waals surface area contributed by atoms with Gasteiger partial charge >= 0.3 is 10.4 Å². The molecule has 0 unspecified atom stereocenters. The minimum Gasteiger partial charge on any atom is -0.264 e. The van der Waals surface area contributed by atoms with Crippen molar-refractivity contribution in [1.82, 2.24) is 0 Å². The minimum absolute atomic E-state index is 0.114. The summed E-state index contributed by atoms with van der Waals surface area (Å²) in [7, 11) is -10.5. The van der Waals surface area contributed by atoms with Crippen molar-refractivity contribution in [1.29, 1.82) is 0 Å². The third-order valence-electron chi connectivity index (χ3n) is 2.92. The lowest BCUT2D eigenvalue weighted by atomic mass is 10.1. The zero-order valence-corrected chi connectivity index (χ0v) is 15.6. The van der Waals surface area contributed by atoms with E-state index in [1.807, 2.05) is 19.1 Å². The lowest BCUT2D eigenvalue weighted by Crippen LogP contribution is -2.15. The molecule has 0 aliphatic carbocycles. The average molecular weight is 408 g/mol. The lowest BCUT2D eigenvalue weighted by Gasteiger charge is -2.08. The van der Waals surface area contributed by atoms with Gasteiger partial charge in [-0.3, -0.25) is 4.55 Å². The summed E-state index contributed by atoms with van der Waals surface area (Å²) in [4.78, 5) is 0.114. The van der Waals surface area contributed by atoms with E-state index in [1.54, 1.807) is 18.2 Å². The lowest BCUT2D eigenvalue weighted by molar-refractivity contribution is 0.284. The first-order valence-electron chi connectivity index (χ1n) is 6.65. The number of aryl methyl sites for hydroxylation is 1. The Kier molecular flexibility index (Phi) is 7.26. The van der Waals surface area contributed by atoms with Gasteiger partial charge in [0.05, 0.1) is 17.3 Å². The molecule has 0 atom stereocenters. The molecule has 11 heteroatoms. The van der Waals surface area contributed by atoms with E-state index in [0.29, 0.717) is 5.39 Å². The molecule has 2 aromatic carbocycles. The monoisotopic (exact) mass is 408 g/mol. The molecule has 25 heavy (non-hydrogen) atoms. The van der Waals surface area contributed by atoms with E-state index >= 15 is 0 Å². The van der Waals surface area contributed by atoms with Gasteiger partial charge in [0.25, 0.3) is 0 Å². The molecule has 0 radical (unpaired) electrons. The summed E-state index contributed by atoms with van der Waals surface area (Å²) >= 11 is 0. The maximum Gasteiger partial charge on any atom is 0.397 e. The molecule has 2 rings (SSSR count). The maximum atomic E-state index is 12.3. The van der Waals surface area contributed by atoms with Crippen molar-refractivity contribution in [2.45, 2.75) is 11.8 Å². The van der Waals surface area contributed by atoms with Crippen molar-refractivity contribution in [2.24, 2.45) is 0 Å². The smallest absolute Gasteiger partial charge is 0.264 e. The molecular weight excluding hydrogens is 392 g/mol. The fourth-order valence-corrected chi connectivity index (χ4v) is 3.71. The molecule has 138 valence electrons. The first-order valence-corrected chi connectivity index (χ1v) is 10.9. The minimum atomic E-state index is -4.64. The van der Waals surface area contributed by atoms with Gasteiger partial charge in [-0.05, 0) is 18.4 Å². The van der Waals surface area contributed by atoms with Crippen molar-refractivity contribution >= 4 is 47.2 Å². The molecule has 2 aromatic rings. The number of hydrogen-bond acceptors (Lipinski definition) is 7. The highest BCUT2D eigenvalue weighted by Crippen LogP contribution is 2.25. The van der Waals surface area contributed by atoms with Gasteiger partial charge in [-0.15, -0.1) is 0 Å². The summed E-state index contributed by atoms with van der Waals surface area (Å²) in [5, 5.41) is 1.35. The van der Waals surface area contributed by atoms with Gasteiger partial charge in [0, 0.05) is 11.3 Å². The van der Waals surface area contributed by atoms with Gasteiger partial charge in [-0.25, -0.2) is 12.6 Å². The van der Waals surface area contributed by atoms with E-state index in [-0.39, 0.29) is 4.90 Å². The molecule has 0 aliphatic heterocycles. The molecule has 0 heterocycles. The Balaban J connectivity index is 0.000000705. The van der Waals surface area contributed by atoms with E-state index in [2.05, 4.69) is 10.1 Å². The van der Waals surface area contributed by atoms with Gasteiger partial charge in [0.1, 0.15) is 0 Å². The van der Waals surface area contributed by atoms with E-state index in [1.165, 1.54) is 6.07 Å². The van der Waals surface area contributed by atoms with E-state index in [0.717, 1.165) is 10.9 Å². The summed E-state index contributed by atoms with van der Waals surface area (Å²) in [6.07, 6.45) is 0. The zero-order chi connectivity index (χ0) is 19.3. The Bertz CT molecular complexity index is 1060. The first-order chi connectivity index (χ1) is 11.4. The van der Waals surface area contributed by atoms with E-state index < -0.39 is 42.9 Å². The Morgan fingerprint density at radius 1 is 1.12 bits per heavy atom. The van der Waals surface area contributed by atoms with Crippen LogP contribution in [-0.2, 0) is 34.7 Å². The number of benzene rings is 2. The Labute approximate surface area is 147 Å². The molecule has 0 saturated carbocycles. The molecule has 0 bridgehead atoms. The Morgan fingerprint density at radius 2 is 1.72 bits per heavy atom. The van der Waals surface area contributed by atoms with Crippen molar-refractivity contribution in [3.05, 3.63) is 42.0 Å². The van der Waals surface area contributed by atoms with Crippen molar-refractivity contribution < 1.29 is 34.0 Å². The van der Waals surface area contributed by atoms with E-state index in [9.17, 15) is 16.8 Å². The van der Waals surface area contributed by atoms with Crippen LogP contribution >= 0.6 is 0 Å². The second kappa shape index (κ2) is 8.54. The highest BCUT2D eigenvalue weighted by atomic mass is 32.3. The summed E-state index contributed by atoms with van der Waals surface area (Å²) in [6, 6.07) is 10.3. The van der Waals surface area contributed by atoms with Gasteiger partial charge in [-0.2, -0.15) is 16.8 Å². The van der Waals surface area contributed by atoms with Gasteiger partial charge in [0.15, 0.2) is 9.84 Å². The third kappa shape index (κ3) is 7.32. The fourth-order valence-electron chi connectivity index (χ4n) is 1.99. The largest absolute Gasteiger partial charge is 0.397 e. The van der Waals surface area contributed by atoms with Crippen LogP contribution in [0.5, 0.6) is 0 Å². The average Bonchev–Trinajstić information content (AvgIpc) is 2.44. The van der Waals surface area contributed by atoms with Crippen LogP contribution < -0.4 is 0 Å². The molecule has 0 spiro atoms. The topological polar surface area (TPSA) is 132 Å². The molecule has 0 amide bonds. The van der Waals surface area contributed by atoms with Crippen LogP contribution in [0.2, 0.25) is 0 Å². The summed E-state index contributed by atoms with van der Waals surface area (Å²) in [5.74, 6) is 2.01. The number of rotatable bonds is 5. The molecule has 0 saturated heterocycles. The van der Waals surface area contributed by atoms with Crippen molar-refractivity contribution in [3.63, 3.8) is 0 Å². The van der Waals surface area contributed by atoms with Crippen LogP contribution in [0.25, 0.3) is 10.8 Å². The van der Waals surface area contributed by atoms with Crippen LogP contribution in [0.4, 0.5) is 0 Å². The van der Waals surface area contributed by atoms with Crippen LogP contribution in [0.1, 0.15) is 5.56 Å². The van der Waals surface area contributed by atoms with Crippen molar-refractivity contribution in [2.75, 3.05) is 12.4 Å². The second-order valence-corrected chi connectivity index (χ2v) is 8.63. The molecule has 0 fully saturated rings.